The first-order valence-corrected chi connectivity index (χ1v) is 7.95. The summed E-state index contributed by atoms with van der Waals surface area (Å²) >= 11 is 0. The molecule has 0 fully saturated rings. The summed E-state index contributed by atoms with van der Waals surface area (Å²) in [6, 6.07) is 21.9. The normalized spacial score (nSPS) is 13.7. The van der Waals surface area contributed by atoms with Crippen LogP contribution in [-0.4, -0.2) is 0 Å². The van der Waals surface area contributed by atoms with Crippen molar-refractivity contribution in [2.75, 3.05) is 0 Å². The van der Waals surface area contributed by atoms with Crippen molar-refractivity contribution < 1.29 is 0 Å². The molecule has 107 valence electrons. The highest BCUT2D eigenvalue weighted by molar-refractivity contribution is 6.01. The van der Waals surface area contributed by atoms with E-state index in [2.05, 4.69) is 80.9 Å². The van der Waals surface area contributed by atoms with E-state index in [0.717, 1.165) is 6.42 Å². The molecule has 0 N–H and O–H groups in total. The van der Waals surface area contributed by atoms with Crippen molar-refractivity contribution in [3.05, 3.63) is 83.8 Å². The molecule has 0 heterocycles. The maximum atomic E-state index is 2.32. The third-order valence-corrected chi connectivity index (χ3v) is 4.68. The molecular weight excluding hydrogens is 264 g/mol. The van der Waals surface area contributed by atoms with Crippen molar-refractivity contribution in [3.8, 4) is 11.1 Å². The molecule has 0 aromatic heterocycles. The van der Waals surface area contributed by atoms with Crippen LogP contribution in [0.3, 0.4) is 0 Å². The van der Waals surface area contributed by atoms with E-state index in [1.165, 1.54) is 44.2 Å². The second-order valence-electron chi connectivity index (χ2n) is 5.96. The molecular formula is C22H19. The predicted molar refractivity (Wildman–Crippen MR) is 95.7 cm³/mol. The lowest BCUT2D eigenvalue weighted by Gasteiger charge is -2.14. The van der Waals surface area contributed by atoms with E-state index in [0.29, 0.717) is 0 Å². The molecule has 0 bridgehead atoms. The highest BCUT2D eigenvalue weighted by Gasteiger charge is 2.22. The Labute approximate surface area is 132 Å². The van der Waals surface area contributed by atoms with Crippen LogP contribution in [-0.2, 0) is 0 Å². The first-order valence-electron chi connectivity index (χ1n) is 7.95. The molecule has 0 heteroatoms. The van der Waals surface area contributed by atoms with Crippen molar-refractivity contribution in [2.45, 2.75) is 20.3 Å². The third kappa shape index (κ3) is 1.91. The zero-order valence-electron chi connectivity index (χ0n) is 13.1. The lowest BCUT2D eigenvalue weighted by molar-refractivity contribution is 1.23. The largest absolute Gasteiger partial charge is 0.0616 e. The van der Waals surface area contributed by atoms with Gasteiger partial charge in [0.2, 0.25) is 0 Å². The van der Waals surface area contributed by atoms with Gasteiger partial charge in [-0.05, 0) is 51.9 Å². The van der Waals surface area contributed by atoms with E-state index in [4.69, 9.17) is 0 Å². The molecule has 0 unspecified atom stereocenters. The van der Waals surface area contributed by atoms with Crippen molar-refractivity contribution in [2.24, 2.45) is 0 Å². The minimum Gasteiger partial charge on any atom is -0.0616 e. The van der Waals surface area contributed by atoms with Gasteiger partial charge in [-0.2, -0.15) is 0 Å². The van der Waals surface area contributed by atoms with Gasteiger partial charge in [0.1, 0.15) is 0 Å². The molecule has 0 nitrogen and oxygen atoms in total. The Hall–Kier alpha value is -2.34. The lowest BCUT2D eigenvalue weighted by atomic mass is 9.90. The number of rotatable bonds is 2. The highest BCUT2D eigenvalue weighted by Crippen LogP contribution is 2.43. The van der Waals surface area contributed by atoms with E-state index in [9.17, 15) is 0 Å². The highest BCUT2D eigenvalue weighted by atomic mass is 14.3. The van der Waals surface area contributed by atoms with Crippen molar-refractivity contribution >= 4 is 16.3 Å². The van der Waals surface area contributed by atoms with Crippen LogP contribution in [0.25, 0.3) is 27.5 Å². The molecule has 0 atom stereocenters. The number of allylic oxidation sites excluding steroid dienone is 2. The van der Waals surface area contributed by atoms with E-state index in [1.54, 1.807) is 0 Å². The van der Waals surface area contributed by atoms with Gasteiger partial charge in [0.15, 0.2) is 0 Å². The van der Waals surface area contributed by atoms with Gasteiger partial charge < -0.3 is 0 Å². The molecule has 3 aromatic rings. The fourth-order valence-corrected chi connectivity index (χ4v) is 3.69. The Morgan fingerprint density at radius 1 is 0.773 bits per heavy atom. The average molecular weight is 283 g/mol. The van der Waals surface area contributed by atoms with Gasteiger partial charge >= 0.3 is 0 Å². The molecule has 22 heavy (non-hydrogen) atoms. The number of hydrogen-bond donors (Lipinski definition) is 0. The zero-order chi connectivity index (χ0) is 15.1. The molecule has 4 rings (SSSR count). The van der Waals surface area contributed by atoms with Gasteiger partial charge in [0.25, 0.3) is 0 Å². The standard InChI is InChI=1S/C22H19/c1-3-18-15(2)14-17-10-7-13-21(22(17)18)20-12-6-9-16-8-4-5-11-19(16)20/h4-14H,3H2,1-2H3. The number of benzene rings is 3. The third-order valence-electron chi connectivity index (χ3n) is 4.68. The van der Waals surface area contributed by atoms with Crippen LogP contribution < -0.4 is 0 Å². The summed E-state index contributed by atoms with van der Waals surface area (Å²) < 4.78 is 0. The second-order valence-corrected chi connectivity index (χ2v) is 5.96. The Kier molecular flexibility index (Phi) is 3.11. The summed E-state index contributed by atoms with van der Waals surface area (Å²) in [5.74, 6) is 0. The predicted octanol–water partition coefficient (Wildman–Crippen LogP) is 6.26. The van der Waals surface area contributed by atoms with Gasteiger partial charge in [-0.1, -0.05) is 73.2 Å². The first kappa shape index (κ1) is 13.3. The molecule has 1 aliphatic rings. The number of hydrogen-bond acceptors (Lipinski definition) is 0. The minimum absolute atomic E-state index is 1.08. The van der Waals surface area contributed by atoms with Crippen molar-refractivity contribution in [1.29, 1.82) is 0 Å². The van der Waals surface area contributed by atoms with Crippen LogP contribution in [0, 0.1) is 6.42 Å². The van der Waals surface area contributed by atoms with Gasteiger partial charge in [-0.25, -0.2) is 0 Å². The first-order chi connectivity index (χ1) is 10.8. The van der Waals surface area contributed by atoms with Gasteiger partial charge in [0.05, 0.1) is 0 Å². The van der Waals surface area contributed by atoms with Crippen LogP contribution in [0.15, 0.2) is 66.2 Å². The van der Waals surface area contributed by atoms with E-state index >= 15 is 0 Å². The minimum atomic E-state index is 1.08. The lowest BCUT2D eigenvalue weighted by Crippen LogP contribution is -1.91. The molecule has 0 saturated carbocycles. The topological polar surface area (TPSA) is 0 Å². The molecule has 3 aromatic carbocycles. The molecule has 0 amide bonds. The van der Waals surface area contributed by atoms with Gasteiger partial charge in [-0.3, -0.25) is 0 Å². The second kappa shape index (κ2) is 5.14. The quantitative estimate of drug-likeness (QED) is 0.521. The Bertz CT molecular complexity index is 892. The maximum absolute atomic E-state index is 2.32. The number of fused-ring (bicyclic) bond motifs is 2. The van der Waals surface area contributed by atoms with E-state index in [1.807, 2.05) is 0 Å². The van der Waals surface area contributed by atoms with Crippen LogP contribution in [0.5, 0.6) is 0 Å². The summed E-state index contributed by atoms with van der Waals surface area (Å²) in [5.41, 5.74) is 8.38. The summed E-state index contributed by atoms with van der Waals surface area (Å²) in [6.45, 7) is 4.48. The Balaban J connectivity index is 2.04. The summed E-state index contributed by atoms with van der Waals surface area (Å²) in [5, 5.41) is 2.64. The molecule has 0 spiro atoms. The van der Waals surface area contributed by atoms with Crippen LogP contribution in [0.4, 0.5) is 0 Å². The van der Waals surface area contributed by atoms with Gasteiger partial charge in [0, 0.05) is 6.42 Å². The average Bonchev–Trinajstić information content (AvgIpc) is 2.89. The van der Waals surface area contributed by atoms with Crippen molar-refractivity contribution in [1.82, 2.24) is 0 Å². The molecule has 0 aliphatic heterocycles. The van der Waals surface area contributed by atoms with Crippen LogP contribution in [0.2, 0.25) is 0 Å². The van der Waals surface area contributed by atoms with Crippen LogP contribution >= 0.6 is 0 Å². The van der Waals surface area contributed by atoms with Crippen LogP contribution in [0.1, 0.15) is 31.4 Å². The van der Waals surface area contributed by atoms with E-state index in [-0.39, 0.29) is 0 Å². The summed E-state index contributed by atoms with van der Waals surface area (Å²) in [7, 11) is 0. The molecule has 1 radical (unpaired) electrons. The zero-order valence-corrected chi connectivity index (χ0v) is 13.1. The van der Waals surface area contributed by atoms with Gasteiger partial charge in [-0.15, -0.1) is 0 Å². The molecule has 1 aliphatic carbocycles. The fraction of sp³-hybridized carbons (Fsp3) is 0.136. The molecule has 0 saturated heterocycles. The SMILES string of the molecule is CCC1=C(C)[CH]c2cccc(-c3cccc4ccccc34)c21. The van der Waals surface area contributed by atoms with Crippen molar-refractivity contribution in [3.63, 3.8) is 0 Å². The fourth-order valence-electron chi connectivity index (χ4n) is 3.69. The Morgan fingerprint density at radius 3 is 2.36 bits per heavy atom. The summed E-state index contributed by atoms with van der Waals surface area (Å²) in [4.78, 5) is 0. The smallest absolute Gasteiger partial charge is 0.0164 e. The monoisotopic (exact) mass is 283 g/mol. The summed E-state index contributed by atoms with van der Waals surface area (Å²) in [6.07, 6.45) is 3.40. The Morgan fingerprint density at radius 2 is 1.50 bits per heavy atom. The van der Waals surface area contributed by atoms with E-state index < -0.39 is 0 Å². The maximum Gasteiger partial charge on any atom is 0.0164 e.